The normalized spacial score (nSPS) is 11.7. The highest BCUT2D eigenvalue weighted by Gasteiger charge is 2.27. The molecule has 2 N–H and O–H groups in total. The summed E-state index contributed by atoms with van der Waals surface area (Å²) in [5, 5.41) is 0. The number of carbonyl (C=O) groups is 1. The van der Waals surface area contributed by atoms with E-state index in [-0.39, 0.29) is 5.91 Å². The molecule has 19 heavy (non-hydrogen) atoms. The van der Waals surface area contributed by atoms with Crippen molar-refractivity contribution in [2.75, 3.05) is 27.2 Å². The Bertz CT molecular complexity index is 398. The average Bonchev–Trinajstić information content (AvgIpc) is 2.33. The van der Waals surface area contributed by atoms with Crippen LogP contribution in [0.15, 0.2) is 24.5 Å². The van der Waals surface area contributed by atoms with Gasteiger partial charge in [-0.05, 0) is 39.6 Å². The molecule has 0 saturated heterocycles. The Labute approximate surface area is 115 Å². The minimum atomic E-state index is -0.853. The molecule has 1 aromatic heterocycles. The van der Waals surface area contributed by atoms with Crippen LogP contribution in [0.25, 0.3) is 0 Å². The second-order valence-electron chi connectivity index (χ2n) is 5.61. The maximum Gasteiger partial charge on any atom is 0.242 e. The molecule has 5 heteroatoms. The molecule has 0 aliphatic heterocycles. The van der Waals surface area contributed by atoms with E-state index >= 15 is 0 Å². The molecular formula is C14H24N4O. The molecule has 5 nitrogen and oxygen atoms in total. The molecule has 0 aliphatic rings. The van der Waals surface area contributed by atoms with E-state index in [0.717, 1.165) is 12.1 Å². The van der Waals surface area contributed by atoms with Gasteiger partial charge in [0, 0.05) is 32.0 Å². The zero-order valence-electron chi connectivity index (χ0n) is 12.3. The number of amides is 1. The van der Waals surface area contributed by atoms with Gasteiger partial charge in [0.05, 0.1) is 5.54 Å². The van der Waals surface area contributed by atoms with E-state index < -0.39 is 5.54 Å². The molecule has 0 saturated carbocycles. The minimum absolute atomic E-state index is 0.0433. The van der Waals surface area contributed by atoms with Crippen LogP contribution in [0.3, 0.4) is 0 Å². The van der Waals surface area contributed by atoms with Crippen molar-refractivity contribution in [3.63, 3.8) is 0 Å². The topological polar surface area (TPSA) is 62.5 Å². The summed E-state index contributed by atoms with van der Waals surface area (Å²) in [4.78, 5) is 20.3. The molecule has 0 atom stereocenters. The summed E-state index contributed by atoms with van der Waals surface area (Å²) in [5.41, 5.74) is 6.08. The van der Waals surface area contributed by atoms with Crippen LogP contribution in [0.5, 0.6) is 0 Å². The SMILES string of the molecule is CN(C)CCN(Cc1cccnc1)C(=O)C(C)(C)N. The van der Waals surface area contributed by atoms with E-state index in [9.17, 15) is 4.79 Å². The number of likely N-dealkylation sites (N-methyl/N-ethyl adjacent to an activating group) is 1. The van der Waals surface area contributed by atoms with Crippen molar-refractivity contribution in [3.05, 3.63) is 30.1 Å². The van der Waals surface area contributed by atoms with E-state index in [1.54, 1.807) is 31.1 Å². The van der Waals surface area contributed by atoms with Crippen LogP contribution >= 0.6 is 0 Å². The highest BCUT2D eigenvalue weighted by Crippen LogP contribution is 2.09. The van der Waals surface area contributed by atoms with Gasteiger partial charge in [0.15, 0.2) is 0 Å². The van der Waals surface area contributed by atoms with Gasteiger partial charge < -0.3 is 15.5 Å². The van der Waals surface area contributed by atoms with Crippen LogP contribution in [-0.4, -0.2) is 53.4 Å². The summed E-state index contributed by atoms with van der Waals surface area (Å²) >= 11 is 0. The summed E-state index contributed by atoms with van der Waals surface area (Å²) in [6.45, 7) is 5.48. The van der Waals surface area contributed by atoms with Gasteiger partial charge in [-0.2, -0.15) is 0 Å². The lowest BCUT2D eigenvalue weighted by Crippen LogP contribution is -2.52. The molecule has 1 aromatic rings. The highest BCUT2D eigenvalue weighted by atomic mass is 16.2. The number of hydrogen-bond donors (Lipinski definition) is 1. The Kier molecular flexibility index (Phi) is 5.44. The fraction of sp³-hybridized carbons (Fsp3) is 0.571. The second-order valence-corrected chi connectivity index (χ2v) is 5.61. The molecular weight excluding hydrogens is 240 g/mol. The van der Waals surface area contributed by atoms with Crippen molar-refractivity contribution in [1.29, 1.82) is 0 Å². The predicted octanol–water partition coefficient (Wildman–Crippen LogP) is 0.709. The van der Waals surface area contributed by atoms with Gasteiger partial charge in [0.25, 0.3) is 0 Å². The minimum Gasteiger partial charge on any atom is -0.335 e. The van der Waals surface area contributed by atoms with Gasteiger partial charge >= 0.3 is 0 Å². The quantitative estimate of drug-likeness (QED) is 0.822. The van der Waals surface area contributed by atoms with Crippen molar-refractivity contribution >= 4 is 5.91 Å². The lowest BCUT2D eigenvalue weighted by molar-refractivity contribution is -0.136. The van der Waals surface area contributed by atoms with Crippen LogP contribution in [0.4, 0.5) is 0 Å². The van der Waals surface area contributed by atoms with Crippen molar-refractivity contribution in [3.8, 4) is 0 Å². The lowest BCUT2D eigenvalue weighted by atomic mass is 10.0. The maximum atomic E-state index is 12.3. The van der Waals surface area contributed by atoms with E-state index in [0.29, 0.717) is 13.1 Å². The van der Waals surface area contributed by atoms with Gasteiger partial charge in [-0.1, -0.05) is 6.07 Å². The van der Waals surface area contributed by atoms with E-state index in [1.807, 2.05) is 31.1 Å². The Morgan fingerprint density at radius 2 is 2.05 bits per heavy atom. The molecule has 0 aromatic carbocycles. The third-order valence-electron chi connectivity index (χ3n) is 2.75. The standard InChI is InChI=1S/C14H24N4O/c1-14(2,15)13(19)18(9-8-17(3)4)11-12-6-5-7-16-10-12/h5-7,10H,8-9,11,15H2,1-4H3. The first-order valence-electron chi connectivity index (χ1n) is 6.42. The van der Waals surface area contributed by atoms with Crippen LogP contribution in [0.2, 0.25) is 0 Å². The molecule has 0 aliphatic carbocycles. The molecule has 0 spiro atoms. The number of nitrogens with zero attached hydrogens (tertiary/aromatic N) is 3. The maximum absolute atomic E-state index is 12.3. The molecule has 1 heterocycles. The molecule has 0 radical (unpaired) electrons. The summed E-state index contributed by atoms with van der Waals surface area (Å²) < 4.78 is 0. The number of pyridine rings is 1. The summed E-state index contributed by atoms with van der Waals surface area (Å²) in [6.07, 6.45) is 3.50. The smallest absolute Gasteiger partial charge is 0.242 e. The Morgan fingerprint density at radius 1 is 1.37 bits per heavy atom. The summed E-state index contributed by atoms with van der Waals surface area (Å²) in [5.74, 6) is -0.0433. The van der Waals surface area contributed by atoms with E-state index in [1.165, 1.54) is 0 Å². The van der Waals surface area contributed by atoms with Gasteiger partial charge in [-0.15, -0.1) is 0 Å². The third kappa shape index (κ3) is 5.36. The summed E-state index contributed by atoms with van der Waals surface area (Å²) in [6, 6.07) is 3.84. The highest BCUT2D eigenvalue weighted by molar-refractivity contribution is 5.85. The van der Waals surface area contributed by atoms with Gasteiger partial charge in [-0.3, -0.25) is 9.78 Å². The molecule has 0 bridgehead atoms. The third-order valence-corrected chi connectivity index (χ3v) is 2.75. The van der Waals surface area contributed by atoms with Gasteiger partial charge in [-0.25, -0.2) is 0 Å². The first-order chi connectivity index (χ1) is 8.80. The van der Waals surface area contributed by atoms with Crippen molar-refractivity contribution in [2.45, 2.75) is 25.9 Å². The predicted molar refractivity (Wildman–Crippen MR) is 76.5 cm³/mol. The Morgan fingerprint density at radius 3 is 2.53 bits per heavy atom. The molecule has 1 rings (SSSR count). The first-order valence-corrected chi connectivity index (χ1v) is 6.42. The van der Waals surface area contributed by atoms with Gasteiger partial charge in [0.2, 0.25) is 5.91 Å². The number of aromatic nitrogens is 1. The second kappa shape index (κ2) is 6.63. The lowest BCUT2D eigenvalue weighted by Gasteiger charge is -2.30. The van der Waals surface area contributed by atoms with Crippen LogP contribution < -0.4 is 5.73 Å². The van der Waals surface area contributed by atoms with E-state index in [2.05, 4.69) is 4.98 Å². The van der Waals surface area contributed by atoms with Crippen molar-refractivity contribution in [1.82, 2.24) is 14.8 Å². The number of carbonyl (C=O) groups excluding carboxylic acids is 1. The Hall–Kier alpha value is -1.46. The first kappa shape index (κ1) is 15.6. The fourth-order valence-electron chi connectivity index (χ4n) is 1.69. The Balaban J connectivity index is 2.78. The number of nitrogens with two attached hydrogens (primary N) is 1. The van der Waals surface area contributed by atoms with Crippen LogP contribution in [-0.2, 0) is 11.3 Å². The van der Waals surface area contributed by atoms with Crippen LogP contribution in [0.1, 0.15) is 19.4 Å². The van der Waals surface area contributed by atoms with Crippen molar-refractivity contribution in [2.24, 2.45) is 5.73 Å². The monoisotopic (exact) mass is 264 g/mol. The zero-order valence-corrected chi connectivity index (χ0v) is 12.3. The number of hydrogen-bond acceptors (Lipinski definition) is 4. The largest absolute Gasteiger partial charge is 0.335 e. The van der Waals surface area contributed by atoms with Gasteiger partial charge in [0.1, 0.15) is 0 Å². The molecule has 0 fully saturated rings. The number of rotatable bonds is 6. The van der Waals surface area contributed by atoms with Crippen LogP contribution in [0, 0.1) is 0 Å². The fourth-order valence-corrected chi connectivity index (χ4v) is 1.69. The molecule has 1 amide bonds. The average molecular weight is 264 g/mol. The zero-order chi connectivity index (χ0) is 14.5. The van der Waals surface area contributed by atoms with Crippen molar-refractivity contribution < 1.29 is 4.79 Å². The van der Waals surface area contributed by atoms with E-state index in [4.69, 9.17) is 5.73 Å². The summed E-state index contributed by atoms with van der Waals surface area (Å²) in [7, 11) is 3.97. The molecule has 106 valence electrons. The molecule has 0 unspecified atom stereocenters.